The van der Waals surface area contributed by atoms with Crippen LogP contribution in [0.4, 0.5) is 0 Å². The van der Waals surface area contributed by atoms with E-state index in [0.717, 1.165) is 0 Å². The Bertz CT molecular complexity index is 346. The molecule has 0 aliphatic rings. The van der Waals surface area contributed by atoms with Crippen LogP contribution in [0.2, 0.25) is 0 Å². The van der Waals surface area contributed by atoms with Crippen LogP contribution in [-0.4, -0.2) is 4.57 Å². The number of benzene rings is 1. The molecule has 1 nitrogen and oxygen atoms in total. The maximum absolute atomic E-state index is 3.15. The van der Waals surface area contributed by atoms with Gasteiger partial charge in [0.25, 0.3) is 0 Å². The van der Waals surface area contributed by atoms with Gasteiger partial charge in [0.2, 0.25) is 0 Å². The third-order valence-corrected chi connectivity index (χ3v) is 1.70. The van der Waals surface area contributed by atoms with Gasteiger partial charge in [-0.15, -0.1) is 6.07 Å². The first-order valence-electron chi connectivity index (χ1n) is 3.30. The van der Waals surface area contributed by atoms with Crippen molar-refractivity contribution < 1.29 is 0 Å². The van der Waals surface area contributed by atoms with E-state index in [-0.39, 0.29) is 0 Å². The molecule has 1 aromatic heterocycles. The van der Waals surface area contributed by atoms with Crippen molar-refractivity contribution in [1.82, 2.24) is 4.57 Å². The van der Waals surface area contributed by atoms with E-state index in [4.69, 9.17) is 0 Å². The number of hydrogen-bond acceptors (Lipinski definition) is 0. The molecule has 0 saturated carbocycles. The van der Waals surface area contributed by atoms with E-state index >= 15 is 0 Å². The van der Waals surface area contributed by atoms with Crippen LogP contribution in [0.25, 0.3) is 10.9 Å². The van der Waals surface area contributed by atoms with Gasteiger partial charge in [0.1, 0.15) is 0 Å². The van der Waals surface area contributed by atoms with Crippen molar-refractivity contribution in [3.8, 4) is 0 Å². The lowest BCUT2D eigenvalue weighted by molar-refractivity contribution is 0.968. The fourth-order valence-electron chi connectivity index (χ4n) is 1.14. The van der Waals surface area contributed by atoms with Crippen LogP contribution in [0.3, 0.4) is 0 Å². The highest BCUT2D eigenvalue weighted by atomic mass is 14.9. The summed E-state index contributed by atoms with van der Waals surface area (Å²) in [5.41, 5.74) is 1.24. The average molecular weight is 130 g/mol. The molecule has 1 heterocycles. The summed E-state index contributed by atoms with van der Waals surface area (Å²) in [6, 6.07) is 11.4. The van der Waals surface area contributed by atoms with E-state index in [1.54, 1.807) is 0 Å². The van der Waals surface area contributed by atoms with Crippen LogP contribution in [0, 0.1) is 6.07 Å². The number of hydrogen-bond donors (Lipinski definition) is 0. The van der Waals surface area contributed by atoms with Gasteiger partial charge in [-0.05, 0) is 7.05 Å². The number of aromatic nitrogens is 1. The number of para-hydroxylation sites is 1. The maximum atomic E-state index is 3.15. The van der Waals surface area contributed by atoms with Crippen molar-refractivity contribution in [2.45, 2.75) is 0 Å². The Kier molecular flexibility index (Phi) is 1.04. The molecule has 10 heavy (non-hydrogen) atoms. The molecule has 0 unspecified atom stereocenters. The quantitative estimate of drug-likeness (QED) is 0.480. The lowest BCUT2D eigenvalue weighted by atomic mass is 10.2. The van der Waals surface area contributed by atoms with Crippen LogP contribution < -0.4 is 0 Å². The Morgan fingerprint density at radius 1 is 1.30 bits per heavy atom. The van der Waals surface area contributed by atoms with Crippen molar-refractivity contribution in [2.75, 3.05) is 0 Å². The van der Waals surface area contributed by atoms with Crippen LogP contribution >= 0.6 is 0 Å². The highest BCUT2D eigenvalue weighted by molar-refractivity contribution is 5.79. The predicted octanol–water partition coefficient (Wildman–Crippen LogP) is 1.98. The van der Waals surface area contributed by atoms with Crippen LogP contribution in [0.15, 0.2) is 30.5 Å². The standard InChI is InChI=1S/C9H8N/c1-10-7-6-8-4-2-3-5-9(8)10/h2-5,7H,1H3/q-1. The molecule has 1 aromatic carbocycles. The number of rotatable bonds is 0. The minimum absolute atomic E-state index is 1.19. The first-order valence-corrected chi connectivity index (χ1v) is 3.30. The molecule has 0 aliphatic carbocycles. The summed E-state index contributed by atoms with van der Waals surface area (Å²) < 4.78 is 2.06. The van der Waals surface area contributed by atoms with Gasteiger partial charge in [0.05, 0.1) is 0 Å². The molecule has 0 radical (unpaired) electrons. The summed E-state index contributed by atoms with van der Waals surface area (Å²) in [6.45, 7) is 0. The zero-order chi connectivity index (χ0) is 6.97. The molecular formula is C9H8N-. The van der Waals surface area contributed by atoms with E-state index in [1.165, 1.54) is 10.9 Å². The summed E-state index contributed by atoms with van der Waals surface area (Å²) in [6.07, 6.45) is 1.95. The molecule has 0 aliphatic heterocycles. The highest BCUT2D eigenvalue weighted by Gasteiger charge is 1.82. The van der Waals surface area contributed by atoms with Gasteiger partial charge in [-0.2, -0.15) is 17.5 Å². The summed E-state index contributed by atoms with van der Waals surface area (Å²) in [5.74, 6) is 0. The first kappa shape index (κ1) is 5.54. The largest absolute Gasteiger partial charge is 0.414 e. The Morgan fingerprint density at radius 2 is 2.10 bits per heavy atom. The Hall–Kier alpha value is -1.24. The van der Waals surface area contributed by atoms with Gasteiger partial charge in [-0.3, -0.25) is 0 Å². The fourth-order valence-corrected chi connectivity index (χ4v) is 1.14. The molecule has 0 fully saturated rings. The summed E-state index contributed by atoms with van der Waals surface area (Å²) in [5, 5.41) is 1.19. The Labute approximate surface area is 59.9 Å². The van der Waals surface area contributed by atoms with E-state index in [9.17, 15) is 0 Å². The Balaban J connectivity index is 2.93. The molecule has 0 spiro atoms. The van der Waals surface area contributed by atoms with Crippen LogP contribution in [0.5, 0.6) is 0 Å². The molecule has 1 heteroatoms. The van der Waals surface area contributed by atoms with Crippen LogP contribution in [0.1, 0.15) is 0 Å². The number of nitrogens with zero attached hydrogens (tertiary/aromatic N) is 1. The van der Waals surface area contributed by atoms with Gasteiger partial charge < -0.3 is 4.57 Å². The van der Waals surface area contributed by atoms with Gasteiger partial charge in [-0.25, -0.2) is 0 Å². The first-order chi connectivity index (χ1) is 4.88. The summed E-state index contributed by atoms with van der Waals surface area (Å²) in [4.78, 5) is 0. The molecule has 0 N–H and O–H groups in total. The molecule has 0 amide bonds. The van der Waals surface area contributed by atoms with Crippen molar-refractivity contribution in [2.24, 2.45) is 7.05 Å². The SMILES string of the molecule is Cn1c[c-]c2ccccc21. The van der Waals surface area contributed by atoms with Gasteiger partial charge in [0, 0.05) is 0 Å². The number of aryl methyl sites for hydroxylation is 1. The smallest absolute Gasteiger partial charge is 0.00246 e. The van der Waals surface area contributed by atoms with Crippen LogP contribution in [-0.2, 0) is 7.05 Å². The second-order valence-corrected chi connectivity index (χ2v) is 2.40. The molecule has 50 valence electrons. The van der Waals surface area contributed by atoms with Gasteiger partial charge in [-0.1, -0.05) is 23.8 Å². The van der Waals surface area contributed by atoms with Gasteiger partial charge in [0.15, 0.2) is 0 Å². The fraction of sp³-hybridized carbons (Fsp3) is 0.111. The molecule has 0 bridgehead atoms. The monoisotopic (exact) mass is 130 g/mol. The molecule has 0 atom stereocenters. The second-order valence-electron chi connectivity index (χ2n) is 2.40. The molecule has 0 saturated heterocycles. The zero-order valence-electron chi connectivity index (χ0n) is 5.83. The molecule has 2 aromatic rings. The minimum Gasteiger partial charge on any atom is -0.414 e. The highest BCUT2D eigenvalue weighted by Crippen LogP contribution is 2.11. The predicted molar refractivity (Wildman–Crippen MR) is 41.8 cm³/mol. The molecule has 2 rings (SSSR count). The van der Waals surface area contributed by atoms with E-state index in [0.29, 0.717) is 0 Å². The van der Waals surface area contributed by atoms with Crippen molar-refractivity contribution >= 4 is 10.9 Å². The average Bonchev–Trinajstić information content (AvgIpc) is 2.34. The summed E-state index contributed by atoms with van der Waals surface area (Å²) >= 11 is 0. The second kappa shape index (κ2) is 1.87. The maximum Gasteiger partial charge on any atom is -0.00246 e. The van der Waals surface area contributed by atoms with Crippen molar-refractivity contribution in [1.29, 1.82) is 0 Å². The normalized spacial score (nSPS) is 10.5. The number of fused-ring (bicyclic) bond motifs is 1. The summed E-state index contributed by atoms with van der Waals surface area (Å²) in [7, 11) is 2.03. The zero-order valence-corrected chi connectivity index (χ0v) is 5.83. The topological polar surface area (TPSA) is 4.93 Å². The van der Waals surface area contributed by atoms with Crippen molar-refractivity contribution in [3.63, 3.8) is 0 Å². The lowest BCUT2D eigenvalue weighted by Gasteiger charge is -2.00. The van der Waals surface area contributed by atoms with E-state index < -0.39 is 0 Å². The Morgan fingerprint density at radius 3 is 2.90 bits per heavy atom. The van der Waals surface area contributed by atoms with E-state index in [1.807, 2.05) is 25.4 Å². The minimum atomic E-state index is 1.19. The lowest BCUT2D eigenvalue weighted by Crippen LogP contribution is -1.81. The van der Waals surface area contributed by atoms with Crippen molar-refractivity contribution in [3.05, 3.63) is 36.5 Å². The van der Waals surface area contributed by atoms with Gasteiger partial charge >= 0.3 is 0 Å². The molecular weight excluding hydrogens is 122 g/mol. The third-order valence-electron chi connectivity index (χ3n) is 1.70. The van der Waals surface area contributed by atoms with E-state index in [2.05, 4.69) is 22.8 Å². The third kappa shape index (κ3) is 0.637.